The fourth-order valence-electron chi connectivity index (χ4n) is 10.1. The number of carbonyl (C=O) groups excluding carboxylic acids is 3. The largest absolute Gasteiger partial charge is 0.466 e. The summed E-state index contributed by atoms with van der Waals surface area (Å²) in [7, 11) is 4.18. The maximum atomic E-state index is 14.0. The summed E-state index contributed by atoms with van der Waals surface area (Å²) in [5.41, 5.74) is 0. The van der Waals surface area contributed by atoms with Crippen LogP contribution in [0.3, 0.4) is 0 Å². The molecule has 408 valence electrons. The minimum absolute atomic E-state index is 0.0316. The highest BCUT2D eigenvalue weighted by molar-refractivity contribution is 5.82. The predicted octanol–water partition coefficient (Wildman–Crippen LogP) is 18.6. The van der Waals surface area contributed by atoms with Gasteiger partial charge in [0, 0.05) is 31.5 Å². The molecule has 1 atom stereocenters. The molecule has 0 spiro atoms. The first kappa shape index (κ1) is 67.1. The second-order valence-electron chi connectivity index (χ2n) is 21.7. The molecule has 0 saturated heterocycles. The lowest BCUT2D eigenvalue weighted by atomic mass is 9.92. The summed E-state index contributed by atoms with van der Waals surface area (Å²) in [6, 6.07) is 0.267. The van der Waals surface area contributed by atoms with Gasteiger partial charge in [-0.2, -0.15) is 0 Å². The van der Waals surface area contributed by atoms with Gasteiger partial charge >= 0.3 is 11.9 Å². The van der Waals surface area contributed by atoms with Crippen molar-refractivity contribution in [3.63, 3.8) is 0 Å². The maximum absolute atomic E-state index is 14.0. The summed E-state index contributed by atoms with van der Waals surface area (Å²) < 4.78 is 11.8. The number of allylic oxidation sites excluding steroid dienone is 1. The van der Waals surface area contributed by atoms with E-state index in [-0.39, 0.29) is 24.1 Å². The molecule has 0 radical (unpaired) electrons. The van der Waals surface area contributed by atoms with Crippen molar-refractivity contribution in [1.29, 1.82) is 0 Å². The summed E-state index contributed by atoms with van der Waals surface area (Å²) in [6.07, 6.45) is 54.6. The minimum Gasteiger partial charge on any atom is -0.466 e. The van der Waals surface area contributed by atoms with Crippen molar-refractivity contribution < 1.29 is 23.9 Å². The van der Waals surface area contributed by atoms with Crippen LogP contribution >= 0.6 is 0 Å². The van der Waals surface area contributed by atoms with Crippen LogP contribution in [0.5, 0.6) is 0 Å². The monoisotopic (exact) mass is 973 g/mol. The first-order chi connectivity index (χ1) is 33.7. The van der Waals surface area contributed by atoms with Crippen LogP contribution in [-0.4, -0.2) is 73.6 Å². The van der Waals surface area contributed by atoms with E-state index < -0.39 is 0 Å². The van der Waals surface area contributed by atoms with Crippen molar-refractivity contribution in [2.45, 2.75) is 329 Å². The lowest BCUT2D eigenvalue weighted by Crippen LogP contribution is -2.41. The van der Waals surface area contributed by atoms with E-state index in [2.05, 4.69) is 58.5 Å². The van der Waals surface area contributed by atoms with Crippen LogP contribution in [0.4, 0.5) is 0 Å². The van der Waals surface area contributed by atoms with Gasteiger partial charge in [-0.25, -0.2) is 4.79 Å². The summed E-state index contributed by atoms with van der Waals surface area (Å²) in [6.45, 7) is 13.7. The highest BCUT2D eigenvalue weighted by Gasteiger charge is 2.23. The number of hydrogen-bond donors (Lipinski definition) is 0. The van der Waals surface area contributed by atoms with Crippen LogP contribution in [0.15, 0.2) is 12.2 Å². The van der Waals surface area contributed by atoms with Gasteiger partial charge in [0.2, 0.25) is 5.91 Å². The lowest BCUT2D eigenvalue weighted by Gasteiger charge is -2.33. The molecule has 0 heterocycles. The number of hydrogen-bond acceptors (Lipinski definition) is 6. The van der Waals surface area contributed by atoms with Crippen molar-refractivity contribution in [1.82, 2.24) is 9.80 Å². The number of amides is 1. The first-order valence-corrected chi connectivity index (χ1v) is 30.7. The lowest BCUT2D eigenvalue weighted by molar-refractivity contribution is -0.145. The van der Waals surface area contributed by atoms with Crippen molar-refractivity contribution in [3.8, 4) is 0 Å². The first-order valence-electron chi connectivity index (χ1n) is 30.7. The Morgan fingerprint density at radius 2 is 0.870 bits per heavy atom. The molecule has 7 nitrogen and oxygen atoms in total. The number of ether oxygens (including phenoxy) is 2. The summed E-state index contributed by atoms with van der Waals surface area (Å²) in [4.78, 5) is 44.2. The van der Waals surface area contributed by atoms with Crippen LogP contribution in [0.25, 0.3) is 0 Å². The quantitative estimate of drug-likeness (QED) is 0.0343. The van der Waals surface area contributed by atoms with Gasteiger partial charge in [-0.1, -0.05) is 233 Å². The van der Waals surface area contributed by atoms with Crippen LogP contribution < -0.4 is 0 Å². The molecule has 0 bridgehead atoms. The van der Waals surface area contributed by atoms with Gasteiger partial charge in [-0.15, -0.1) is 0 Å². The zero-order chi connectivity index (χ0) is 50.7. The molecule has 0 rings (SSSR count). The Labute approximate surface area is 431 Å². The molecule has 0 aliphatic heterocycles. The summed E-state index contributed by atoms with van der Waals surface area (Å²) >= 11 is 0. The third-order valence-corrected chi connectivity index (χ3v) is 14.6. The standard InChI is InChI=1S/C62H120N2O5/c1-8-13-18-21-24-25-27-36-46-58(47-37-31-32-41-52-62(67)69-59(48-38-28-22-19-14-9-2)49-39-29-23-20-15-10-3)64(60(65)50-43-54-63(6)7)55-42-33-26-30-40-51-61(66)68-56-53-57(44-34-16-11-4)45-35-17-12-5/h41,52,57-59H,8-40,42-51,53-56H2,1-7H3. The van der Waals surface area contributed by atoms with Crippen molar-refractivity contribution in [2.24, 2.45) is 5.92 Å². The molecule has 1 unspecified atom stereocenters. The normalized spacial score (nSPS) is 12.3. The molecule has 0 aromatic heterocycles. The van der Waals surface area contributed by atoms with E-state index in [0.717, 1.165) is 116 Å². The number of esters is 2. The molecule has 0 saturated carbocycles. The zero-order valence-corrected chi connectivity index (χ0v) is 47.6. The van der Waals surface area contributed by atoms with Crippen molar-refractivity contribution in [3.05, 3.63) is 12.2 Å². The highest BCUT2D eigenvalue weighted by atomic mass is 16.5. The van der Waals surface area contributed by atoms with Gasteiger partial charge in [0.05, 0.1) is 6.61 Å². The Balaban J connectivity index is 5.32. The fourth-order valence-corrected chi connectivity index (χ4v) is 10.1. The second-order valence-corrected chi connectivity index (χ2v) is 21.7. The maximum Gasteiger partial charge on any atom is 0.330 e. The number of rotatable bonds is 54. The van der Waals surface area contributed by atoms with E-state index >= 15 is 0 Å². The molecule has 1 amide bonds. The number of nitrogens with zero attached hydrogens (tertiary/aromatic N) is 2. The SMILES string of the molecule is CCCCCCCCCCC(CCCCC=CC(=O)OC(CCCCCCCC)CCCCCCCC)N(CCCCCCCC(=O)OCCC(CCCCC)CCCCC)C(=O)CCCN(C)C. The van der Waals surface area contributed by atoms with Crippen molar-refractivity contribution >= 4 is 17.8 Å². The van der Waals surface area contributed by atoms with E-state index in [1.807, 2.05) is 6.08 Å². The van der Waals surface area contributed by atoms with Crippen LogP contribution in [0.2, 0.25) is 0 Å². The second kappa shape index (κ2) is 52.4. The van der Waals surface area contributed by atoms with E-state index in [4.69, 9.17) is 9.47 Å². The number of carbonyl (C=O) groups is 3. The van der Waals surface area contributed by atoms with Gasteiger partial charge in [0.15, 0.2) is 0 Å². The van der Waals surface area contributed by atoms with Crippen LogP contribution in [0, 0.1) is 5.92 Å². The van der Waals surface area contributed by atoms with Crippen LogP contribution in [-0.2, 0) is 23.9 Å². The molecule has 0 aliphatic carbocycles. The van der Waals surface area contributed by atoms with Crippen molar-refractivity contribution in [2.75, 3.05) is 33.8 Å². The highest BCUT2D eigenvalue weighted by Crippen LogP contribution is 2.24. The Bertz CT molecular complexity index is 1120. The summed E-state index contributed by atoms with van der Waals surface area (Å²) in [5.74, 6) is 0.803. The van der Waals surface area contributed by atoms with Gasteiger partial charge in [0.1, 0.15) is 6.10 Å². The molecular weight excluding hydrogens is 853 g/mol. The average molecular weight is 974 g/mol. The predicted molar refractivity (Wildman–Crippen MR) is 299 cm³/mol. The molecule has 0 fully saturated rings. The third-order valence-electron chi connectivity index (χ3n) is 14.6. The molecule has 0 aromatic carbocycles. The summed E-state index contributed by atoms with van der Waals surface area (Å²) in [5, 5.41) is 0. The van der Waals surface area contributed by atoms with E-state index in [0.29, 0.717) is 31.3 Å². The minimum atomic E-state index is -0.173. The Kier molecular flexibility index (Phi) is 51.0. The van der Waals surface area contributed by atoms with E-state index in [1.54, 1.807) is 6.08 Å². The molecule has 7 heteroatoms. The van der Waals surface area contributed by atoms with E-state index in [9.17, 15) is 14.4 Å². The van der Waals surface area contributed by atoms with Gasteiger partial charge < -0.3 is 19.3 Å². The molecule has 69 heavy (non-hydrogen) atoms. The molecular formula is C62H120N2O5. The fraction of sp³-hybridized carbons (Fsp3) is 0.919. The Hall–Kier alpha value is -1.89. The number of unbranched alkanes of at least 4 members (excludes halogenated alkanes) is 27. The molecule has 0 N–H and O–H groups in total. The van der Waals surface area contributed by atoms with Gasteiger partial charge in [0.25, 0.3) is 0 Å². The molecule has 0 aliphatic rings. The molecule has 0 aromatic rings. The topological polar surface area (TPSA) is 76.1 Å². The van der Waals surface area contributed by atoms with Crippen LogP contribution in [0.1, 0.15) is 317 Å². The van der Waals surface area contributed by atoms with Gasteiger partial charge in [-0.05, 0) is 104 Å². The zero-order valence-electron chi connectivity index (χ0n) is 47.6. The van der Waals surface area contributed by atoms with E-state index in [1.165, 1.54) is 167 Å². The Morgan fingerprint density at radius 1 is 0.435 bits per heavy atom. The Morgan fingerprint density at radius 3 is 1.39 bits per heavy atom. The average Bonchev–Trinajstić information content (AvgIpc) is 3.33. The smallest absolute Gasteiger partial charge is 0.330 e. The van der Waals surface area contributed by atoms with Gasteiger partial charge in [-0.3, -0.25) is 9.59 Å². The third kappa shape index (κ3) is 45.7.